The molecule has 7 atom stereocenters. The van der Waals surface area contributed by atoms with Crippen LogP contribution in [0.1, 0.15) is 88.5 Å². The second kappa shape index (κ2) is 11.7. The molecule has 1 fully saturated rings. The van der Waals surface area contributed by atoms with E-state index in [9.17, 15) is 4.79 Å². The quantitative estimate of drug-likeness (QED) is 0.136. The van der Waals surface area contributed by atoms with Gasteiger partial charge >= 0.3 is 5.97 Å². The van der Waals surface area contributed by atoms with Crippen molar-refractivity contribution in [2.24, 2.45) is 35.0 Å². The van der Waals surface area contributed by atoms with E-state index in [0.717, 1.165) is 12.8 Å². The van der Waals surface area contributed by atoms with Gasteiger partial charge in [-0.3, -0.25) is 4.79 Å². The highest BCUT2D eigenvalue weighted by molar-refractivity contribution is 6.74. The Morgan fingerprint density at radius 3 is 2.31 bits per heavy atom. The van der Waals surface area contributed by atoms with Gasteiger partial charge in [-0.05, 0) is 83.3 Å². The maximum atomic E-state index is 12.5. The summed E-state index contributed by atoms with van der Waals surface area (Å²) in [5, 5.41) is 0.111. The standard InChI is InChI=1S/C31H54O4Si/c1-14-15-25-26-21(4)16-17-23(20(2)3)27(26)28(34-25)24(18-19-33-29(32)30(6,7)8)22(5)35-36(12,13)31(9,10)11/h1,16,20,22-28H,15,17-19H2,2-13H3/t22-,23-,24?,25-,26-,27-,28+/m1/s1. The van der Waals surface area contributed by atoms with Gasteiger partial charge in [-0.2, -0.15) is 0 Å². The number of hydrogen-bond donors (Lipinski definition) is 0. The van der Waals surface area contributed by atoms with E-state index in [1.165, 1.54) is 5.57 Å². The average Bonchev–Trinajstić information content (AvgIpc) is 3.09. The zero-order chi connectivity index (χ0) is 27.6. The average molecular weight is 519 g/mol. The van der Waals surface area contributed by atoms with Crippen LogP contribution in [0.2, 0.25) is 18.1 Å². The van der Waals surface area contributed by atoms with Crippen molar-refractivity contribution in [3.63, 3.8) is 0 Å². The maximum absolute atomic E-state index is 12.5. The number of fused-ring (bicyclic) bond motifs is 1. The summed E-state index contributed by atoms with van der Waals surface area (Å²) < 4.78 is 19.6. The second-order valence-electron chi connectivity index (χ2n) is 14.2. The van der Waals surface area contributed by atoms with Gasteiger partial charge in [0.25, 0.3) is 0 Å². The summed E-state index contributed by atoms with van der Waals surface area (Å²) in [4.78, 5) is 12.5. The molecule has 0 spiro atoms. The first kappa shape index (κ1) is 31.1. The zero-order valence-electron chi connectivity index (χ0n) is 25.2. The molecule has 1 heterocycles. The SMILES string of the molecule is C#CC[C@H]1O[C@@H](C(CCOC(=O)C(C)(C)C)[C@@H](C)O[Si](C)(C)C(C)(C)C)[C@H]2[C@@H]1C(C)=CC[C@@H]2C(C)C. The van der Waals surface area contributed by atoms with Crippen LogP contribution >= 0.6 is 0 Å². The first-order chi connectivity index (χ1) is 16.4. The number of hydrogen-bond acceptors (Lipinski definition) is 4. The fourth-order valence-corrected chi connectivity index (χ4v) is 7.30. The Morgan fingerprint density at radius 2 is 1.81 bits per heavy atom. The van der Waals surface area contributed by atoms with Gasteiger partial charge in [0.1, 0.15) is 0 Å². The maximum Gasteiger partial charge on any atom is 0.311 e. The summed E-state index contributed by atoms with van der Waals surface area (Å²) in [6.45, 7) is 26.6. The first-order valence-corrected chi connectivity index (χ1v) is 16.9. The van der Waals surface area contributed by atoms with Crippen LogP contribution < -0.4 is 0 Å². The third-order valence-electron chi connectivity index (χ3n) is 9.04. The lowest BCUT2D eigenvalue weighted by molar-refractivity contribution is -0.154. The predicted molar refractivity (Wildman–Crippen MR) is 152 cm³/mol. The number of ether oxygens (including phenoxy) is 2. The predicted octanol–water partition coefficient (Wildman–Crippen LogP) is 7.64. The van der Waals surface area contributed by atoms with Gasteiger partial charge < -0.3 is 13.9 Å². The van der Waals surface area contributed by atoms with Crippen LogP contribution in [0.15, 0.2) is 11.6 Å². The molecule has 1 aliphatic carbocycles. The Morgan fingerprint density at radius 1 is 1.19 bits per heavy atom. The fraction of sp³-hybridized carbons (Fsp3) is 0.839. The number of carbonyl (C=O) groups is 1. The first-order valence-electron chi connectivity index (χ1n) is 14.0. The third kappa shape index (κ3) is 7.06. The van der Waals surface area contributed by atoms with Gasteiger partial charge in [-0.25, -0.2) is 0 Å². The number of rotatable bonds is 9. The van der Waals surface area contributed by atoms with Crippen molar-refractivity contribution >= 4 is 14.3 Å². The van der Waals surface area contributed by atoms with Gasteiger partial charge in [-0.15, -0.1) is 12.3 Å². The number of carbonyl (C=O) groups excluding carboxylic acids is 1. The van der Waals surface area contributed by atoms with Crippen LogP contribution in [0.5, 0.6) is 0 Å². The highest BCUT2D eigenvalue weighted by Crippen LogP contribution is 2.52. The van der Waals surface area contributed by atoms with E-state index >= 15 is 0 Å². The third-order valence-corrected chi connectivity index (χ3v) is 13.6. The molecule has 1 aliphatic heterocycles. The molecule has 0 saturated carbocycles. The van der Waals surface area contributed by atoms with E-state index in [1.54, 1.807) is 0 Å². The minimum Gasteiger partial charge on any atom is -0.465 e. The van der Waals surface area contributed by atoms with Crippen LogP contribution in [0, 0.1) is 47.3 Å². The summed E-state index contributed by atoms with van der Waals surface area (Å²) in [6.07, 6.45) is 10.7. The van der Waals surface area contributed by atoms with Crippen molar-refractivity contribution in [1.82, 2.24) is 0 Å². The zero-order valence-corrected chi connectivity index (χ0v) is 26.2. The molecule has 1 unspecified atom stereocenters. The number of allylic oxidation sites excluding steroid dienone is 1. The molecule has 0 aromatic rings. The van der Waals surface area contributed by atoms with Gasteiger partial charge in [0, 0.05) is 24.4 Å². The van der Waals surface area contributed by atoms with Crippen LogP contribution in [-0.2, 0) is 18.7 Å². The van der Waals surface area contributed by atoms with E-state index in [0.29, 0.717) is 36.7 Å². The molecule has 2 aliphatic rings. The molecule has 4 nitrogen and oxygen atoms in total. The molecule has 0 amide bonds. The lowest BCUT2D eigenvalue weighted by Gasteiger charge is -2.44. The Bertz CT molecular complexity index is 823. The van der Waals surface area contributed by atoms with E-state index < -0.39 is 13.7 Å². The minimum atomic E-state index is -2.01. The summed E-state index contributed by atoms with van der Waals surface area (Å²) in [5.41, 5.74) is 0.898. The highest BCUT2D eigenvalue weighted by atomic mass is 28.4. The molecule has 206 valence electrons. The highest BCUT2D eigenvalue weighted by Gasteiger charge is 2.54. The minimum absolute atomic E-state index is 0.00603. The van der Waals surface area contributed by atoms with Crippen molar-refractivity contribution in [2.75, 3.05) is 6.61 Å². The van der Waals surface area contributed by atoms with Crippen molar-refractivity contribution < 1.29 is 18.7 Å². The summed E-state index contributed by atoms with van der Waals surface area (Å²) in [6, 6.07) is 0. The van der Waals surface area contributed by atoms with E-state index in [2.05, 4.69) is 73.6 Å². The van der Waals surface area contributed by atoms with Crippen molar-refractivity contribution in [1.29, 1.82) is 0 Å². The molecule has 2 rings (SSSR count). The molecule has 0 radical (unpaired) electrons. The van der Waals surface area contributed by atoms with Crippen molar-refractivity contribution in [3.05, 3.63) is 11.6 Å². The summed E-state index contributed by atoms with van der Waals surface area (Å²) in [7, 11) is -2.01. The Balaban J connectivity index is 2.43. The van der Waals surface area contributed by atoms with Gasteiger partial charge in [0.15, 0.2) is 8.32 Å². The molecule has 0 bridgehead atoms. The number of esters is 1. The van der Waals surface area contributed by atoms with Gasteiger partial charge in [0.2, 0.25) is 0 Å². The second-order valence-corrected chi connectivity index (χ2v) is 18.9. The molecule has 0 aromatic carbocycles. The topological polar surface area (TPSA) is 44.8 Å². The smallest absolute Gasteiger partial charge is 0.311 e. The molecule has 5 heteroatoms. The molecular weight excluding hydrogens is 464 g/mol. The summed E-state index contributed by atoms with van der Waals surface area (Å²) in [5.74, 6) is 4.66. The Kier molecular flexibility index (Phi) is 10.2. The van der Waals surface area contributed by atoms with Crippen LogP contribution in [0.4, 0.5) is 0 Å². The van der Waals surface area contributed by atoms with Crippen molar-refractivity contribution in [2.45, 2.75) is 125 Å². The fourth-order valence-electron chi connectivity index (χ4n) is 5.84. The van der Waals surface area contributed by atoms with Crippen LogP contribution in [0.25, 0.3) is 0 Å². The van der Waals surface area contributed by atoms with Crippen LogP contribution in [0.3, 0.4) is 0 Å². The number of terminal acetylenes is 1. The Hall–Kier alpha value is -1.09. The molecule has 1 saturated heterocycles. The van der Waals surface area contributed by atoms with Crippen molar-refractivity contribution in [3.8, 4) is 12.3 Å². The molecule has 0 N–H and O–H groups in total. The normalized spacial score (nSPS) is 28.8. The van der Waals surface area contributed by atoms with Gasteiger partial charge in [0.05, 0.1) is 24.2 Å². The lowest BCUT2D eigenvalue weighted by atomic mass is 9.63. The monoisotopic (exact) mass is 518 g/mol. The largest absolute Gasteiger partial charge is 0.465 e. The molecule has 0 aromatic heterocycles. The van der Waals surface area contributed by atoms with Gasteiger partial charge in [-0.1, -0.05) is 46.3 Å². The lowest BCUT2D eigenvalue weighted by Crippen LogP contribution is -2.49. The molecular formula is C31H54O4Si. The molecule has 36 heavy (non-hydrogen) atoms. The van der Waals surface area contributed by atoms with E-state index in [1.807, 2.05) is 20.8 Å². The van der Waals surface area contributed by atoms with Crippen LogP contribution in [-0.4, -0.2) is 39.2 Å². The van der Waals surface area contributed by atoms with E-state index in [4.69, 9.17) is 20.3 Å². The van der Waals surface area contributed by atoms with E-state index in [-0.39, 0.29) is 35.2 Å². The Labute approximate surface area is 223 Å². The summed E-state index contributed by atoms with van der Waals surface area (Å²) >= 11 is 0.